The number of rotatable bonds is 4. The quantitative estimate of drug-likeness (QED) is 0.913. The molecule has 1 fully saturated rings. The van der Waals surface area contributed by atoms with Gasteiger partial charge in [0, 0.05) is 24.6 Å². The Labute approximate surface area is 110 Å². The molecule has 0 aromatic heterocycles. The molecular formula is C14H17F2NO2. The Morgan fingerprint density at radius 2 is 2.26 bits per heavy atom. The number of aliphatic carboxylic acids is 1. The minimum absolute atomic E-state index is 0.0940. The Bertz CT molecular complexity index is 479. The van der Waals surface area contributed by atoms with E-state index in [1.165, 1.54) is 6.07 Å². The molecular weight excluding hydrogens is 252 g/mol. The first-order valence-corrected chi connectivity index (χ1v) is 6.38. The second-order valence-electron chi connectivity index (χ2n) is 5.07. The fraction of sp³-hybridized carbons (Fsp3) is 0.500. The number of carbonyl (C=O) groups is 1. The summed E-state index contributed by atoms with van der Waals surface area (Å²) in [6.07, 6.45) is 0.919. The number of hydrogen-bond acceptors (Lipinski definition) is 2. The number of halogens is 2. The molecule has 2 unspecified atom stereocenters. The molecule has 3 nitrogen and oxygen atoms in total. The predicted octanol–water partition coefficient (Wildman–Crippen LogP) is 2.82. The predicted molar refractivity (Wildman–Crippen MR) is 66.7 cm³/mol. The van der Waals surface area contributed by atoms with Crippen molar-refractivity contribution in [1.82, 2.24) is 4.90 Å². The molecule has 1 aromatic carbocycles. The van der Waals surface area contributed by atoms with Crippen molar-refractivity contribution >= 4 is 5.97 Å². The SMILES string of the molecule is CC(c1cccc(F)c1F)N1CCC(CC(=O)O)C1. The maximum absolute atomic E-state index is 13.7. The normalized spacial score (nSPS) is 21.5. The van der Waals surface area contributed by atoms with Crippen molar-refractivity contribution in [2.75, 3.05) is 13.1 Å². The van der Waals surface area contributed by atoms with E-state index in [0.717, 1.165) is 19.0 Å². The van der Waals surface area contributed by atoms with Crippen LogP contribution in [0.25, 0.3) is 0 Å². The fourth-order valence-corrected chi connectivity index (χ4v) is 2.67. The third kappa shape index (κ3) is 3.10. The monoisotopic (exact) mass is 269 g/mol. The van der Waals surface area contributed by atoms with E-state index in [4.69, 9.17) is 5.11 Å². The number of carboxylic acid groups (broad SMARTS) is 1. The van der Waals surface area contributed by atoms with Crippen LogP contribution in [0.5, 0.6) is 0 Å². The van der Waals surface area contributed by atoms with Gasteiger partial charge in [0.2, 0.25) is 0 Å². The van der Waals surface area contributed by atoms with Gasteiger partial charge in [-0.3, -0.25) is 9.69 Å². The molecule has 1 aromatic rings. The topological polar surface area (TPSA) is 40.5 Å². The number of likely N-dealkylation sites (tertiary alicyclic amines) is 1. The Balaban J connectivity index is 2.07. The zero-order valence-corrected chi connectivity index (χ0v) is 10.8. The van der Waals surface area contributed by atoms with E-state index >= 15 is 0 Å². The van der Waals surface area contributed by atoms with E-state index in [9.17, 15) is 13.6 Å². The van der Waals surface area contributed by atoms with Crippen molar-refractivity contribution < 1.29 is 18.7 Å². The average molecular weight is 269 g/mol. The van der Waals surface area contributed by atoms with Gasteiger partial charge in [0.25, 0.3) is 0 Å². The summed E-state index contributed by atoms with van der Waals surface area (Å²) < 4.78 is 26.9. The van der Waals surface area contributed by atoms with Gasteiger partial charge in [-0.15, -0.1) is 0 Å². The van der Waals surface area contributed by atoms with Gasteiger partial charge >= 0.3 is 5.97 Å². The average Bonchev–Trinajstić information content (AvgIpc) is 2.79. The van der Waals surface area contributed by atoms with Crippen molar-refractivity contribution in [3.63, 3.8) is 0 Å². The van der Waals surface area contributed by atoms with Crippen LogP contribution in [0.2, 0.25) is 0 Å². The summed E-state index contributed by atoms with van der Waals surface area (Å²) in [4.78, 5) is 12.7. The molecule has 0 aliphatic carbocycles. The molecule has 0 saturated carbocycles. The standard InChI is InChI=1S/C14H17F2NO2/c1-9(11-3-2-4-12(15)14(11)16)17-6-5-10(8-17)7-13(18)19/h2-4,9-10H,5-8H2,1H3,(H,18,19). The van der Waals surface area contributed by atoms with Crippen molar-refractivity contribution in [1.29, 1.82) is 0 Å². The first kappa shape index (κ1) is 13.9. The fourth-order valence-electron chi connectivity index (χ4n) is 2.67. The molecule has 0 bridgehead atoms. The van der Waals surface area contributed by atoms with Crippen molar-refractivity contribution in [3.8, 4) is 0 Å². The van der Waals surface area contributed by atoms with E-state index in [1.807, 2.05) is 11.8 Å². The minimum atomic E-state index is -0.842. The number of carboxylic acids is 1. The summed E-state index contributed by atoms with van der Waals surface area (Å²) in [5, 5.41) is 8.77. The van der Waals surface area contributed by atoms with Gasteiger partial charge in [-0.05, 0) is 31.9 Å². The highest BCUT2D eigenvalue weighted by Gasteiger charge is 2.29. The Kier molecular flexibility index (Phi) is 4.14. The van der Waals surface area contributed by atoms with E-state index in [2.05, 4.69) is 0 Å². The second-order valence-corrected chi connectivity index (χ2v) is 5.07. The van der Waals surface area contributed by atoms with Gasteiger partial charge in [0.05, 0.1) is 0 Å². The summed E-state index contributed by atoms with van der Waals surface area (Å²) in [6.45, 7) is 3.15. The van der Waals surface area contributed by atoms with Crippen molar-refractivity contribution in [2.45, 2.75) is 25.8 Å². The molecule has 5 heteroatoms. The highest BCUT2D eigenvalue weighted by Crippen LogP contribution is 2.30. The van der Waals surface area contributed by atoms with Gasteiger partial charge in [-0.2, -0.15) is 0 Å². The van der Waals surface area contributed by atoms with Gasteiger partial charge in [-0.1, -0.05) is 12.1 Å². The molecule has 2 atom stereocenters. The smallest absolute Gasteiger partial charge is 0.303 e. The van der Waals surface area contributed by atoms with Gasteiger partial charge in [0.15, 0.2) is 11.6 Å². The Morgan fingerprint density at radius 1 is 1.53 bits per heavy atom. The zero-order chi connectivity index (χ0) is 14.0. The molecule has 1 heterocycles. The molecule has 0 radical (unpaired) electrons. The molecule has 19 heavy (non-hydrogen) atoms. The van der Waals surface area contributed by atoms with Crippen molar-refractivity contribution in [2.24, 2.45) is 5.92 Å². The number of nitrogens with zero attached hydrogens (tertiary/aromatic N) is 1. The summed E-state index contributed by atoms with van der Waals surface area (Å²) in [5.41, 5.74) is 0.330. The zero-order valence-electron chi connectivity index (χ0n) is 10.8. The largest absolute Gasteiger partial charge is 0.481 e. The third-order valence-electron chi connectivity index (χ3n) is 3.76. The second kappa shape index (κ2) is 5.65. The summed E-state index contributed by atoms with van der Waals surface area (Å²) in [5.74, 6) is -2.37. The maximum Gasteiger partial charge on any atom is 0.303 e. The lowest BCUT2D eigenvalue weighted by Gasteiger charge is -2.25. The Hall–Kier alpha value is -1.49. The molecule has 1 aliphatic heterocycles. The number of benzene rings is 1. The van der Waals surface area contributed by atoms with E-state index in [0.29, 0.717) is 12.1 Å². The Morgan fingerprint density at radius 3 is 2.95 bits per heavy atom. The van der Waals surface area contributed by atoms with Crippen LogP contribution in [-0.4, -0.2) is 29.1 Å². The molecule has 1 N–H and O–H groups in total. The lowest BCUT2D eigenvalue weighted by Crippen LogP contribution is -2.25. The molecule has 1 aliphatic rings. The van der Waals surface area contributed by atoms with Gasteiger partial charge in [0.1, 0.15) is 0 Å². The van der Waals surface area contributed by atoms with Crippen LogP contribution in [-0.2, 0) is 4.79 Å². The van der Waals surface area contributed by atoms with Crippen LogP contribution in [0.1, 0.15) is 31.4 Å². The lowest BCUT2D eigenvalue weighted by atomic mass is 10.0. The van der Waals surface area contributed by atoms with Crippen LogP contribution in [0.3, 0.4) is 0 Å². The van der Waals surface area contributed by atoms with E-state index in [1.54, 1.807) is 6.07 Å². The van der Waals surface area contributed by atoms with Crippen LogP contribution >= 0.6 is 0 Å². The van der Waals surface area contributed by atoms with E-state index in [-0.39, 0.29) is 18.4 Å². The molecule has 1 saturated heterocycles. The minimum Gasteiger partial charge on any atom is -0.481 e. The van der Waals surface area contributed by atoms with Crippen LogP contribution in [0.4, 0.5) is 8.78 Å². The van der Waals surface area contributed by atoms with E-state index < -0.39 is 17.6 Å². The first-order chi connectivity index (χ1) is 8.99. The van der Waals surface area contributed by atoms with Crippen LogP contribution in [0, 0.1) is 17.6 Å². The first-order valence-electron chi connectivity index (χ1n) is 6.38. The number of hydrogen-bond donors (Lipinski definition) is 1. The lowest BCUT2D eigenvalue weighted by molar-refractivity contribution is -0.138. The highest BCUT2D eigenvalue weighted by atomic mass is 19.2. The molecule has 0 spiro atoms. The highest BCUT2D eigenvalue weighted by molar-refractivity contribution is 5.67. The third-order valence-corrected chi connectivity index (χ3v) is 3.76. The van der Waals surface area contributed by atoms with Crippen LogP contribution < -0.4 is 0 Å². The summed E-state index contributed by atoms with van der Waals surface area (Å²) in [7, 11) is 0. The summed E-state index contributed by atoms with van der Waals surface area (Å²) >= 11 is 0. The van der Waals surface area contributed by atoms with Gasteiger partial charge < -0.3 is 5.11 Å². The summed E-state index contributed by atoms with van der Waals surface area (Å²) in [6, 6.07) is 3.93. The molecule has 104 valence electrons. The maximum atomic E-state index is 13.7. The van der Waals surface area contributed by atoms with Crippen molar-refractivity contribution in [3.05, 3.63) is 35.4 Å². The molecule has 2 rings (SSSR count). The molecule has 0 amide bonds. The van der Waals surface area contributed by atoms with Crippen LogP contribution in [0.15, 0.2) is 18.2 Å². The van der Waals surface area contributed by atoms with Gasteiger partial charge in [-0.25, -0.2) is 8.78 Å².